The van der Waals surface area contributed by atoms with Gasteiger partial charge in [0.1, 0.15) is 30.3 Å². The third kappa shape index (κ3) is 10.2. The normalized spacial score (nSPS) is 16.3. The molecule has 300 valence electrons. The molecule has 0 radical (unpaired) electrons. The number of nitrogens with zero attached hydrogens (tertiary/aromatic N) is 3. The standard InChI is InChI=1S/C28H22Cl2FNO3.C15H11BrClF3N2O/c1-28(2)21(15-22(30)17-8-11-19(29)12-9-17)26(28)27(33)35-25(16-32)18-10-13-23(31)24(14-18)34-20-6-4-3-5-7-20;1-2-23-8-22-13(9-3-5-10(17)6-4-9)11(7-21)12(16)14(22)15(18,19)20/h3-15,21,25-26H,1-2H3;3-6H,2,8H2,1H3/b22-15-;. The number of ether oxygens (including phenoxy) is 3. The number of carbonyl (C=O) groups excluding carboxylic acids is 1. The van der Waals surface area contributed by atoms with Crippen LogP contribution in [-0.2, 0) is 27.2 Å². The van der Waals surface area contributed by atoms with Gasteiger partial charge in [-0.15, -0.1) is 0 Å². The van der Waals surface area contributed by atoms with E-state index in [0.29, 0.717) is 32.0 Å². The maximum atomic E-state index is 14.3. The molecule has 4 aromatic carbocycles. The van der Waals surface area contributed by atoms with Crippen LogP contribution in [0.1, 0.15) is 49.3 Å². The molecule has 1 aromatic heterocycles. The van der Waals surface area contributed by atoms with Gasteiger partial charge >= 0.3 is 12.1 Å². The number of hydrogen-bond donors (Lipinski definition) is 0. The van der Waals surface area contributed by atoms with E-state index in [9.17, 15) is 32.9 Å². The molecule has 5 aromatic rings. The fourth-order valence-corrected chi connectivity index (χ4v) is 7.45. The number of alkyl halides is 3. The van der Waals surface area contributed by atoms with Crippen molar-refractivity contribution in [2.75, 3.05) is 6.61 Å². The summed E-state index contributed by atoms with van der Waals surface area (Å²) in [5, 5.41) is 20.6. The molecule has 58 heavy (non-hydrogen) atoms. The molecule has 0 bridgehead atoms. The molecule has 1 heterocycles. The van der Waals surface area contributed by atoms with Gasteiger partial charge in [0.25, 0.3) is 0 Å². The molecule has 0 saturated heterocycles. The highest BCUT2D eigenvalue weighted by Crippen LogP contribution is 2.60. The zero-order valence-electron chi connectivity index (χ0n) is 31.0. The van der Waals surface area contributed by atoms with Crippen molar-refractivity contribution in [3.63, 3.8) is 0 Å². The van der Waals surface area contributed by atoms with Crippen LogP contribution in [0.15, 0.2) is 108 Å². The van der Waals surface area contributed by atoms with E-state index in [-0.39, 0.29) is 40.7 Å². The summed E-state index contributed by atoms with van der Waals surface area (Å²) in [5.74, 6) is -1.36. The lowest BCUT2D eigenvalue weighted by Crippen LogP contribution is -2.16. The Labute approximate surface area is 356 Å². The maximum Gasteiger partial charge on any atom is 0.432 e. The number of nitriles is 2. The van der Waals surface area contributed by atoms with E-state index in [1.165, 1.54) is 18.2 Å². The smallest absolute Gasteiger partial charge is 0.432 e. The first-order chi connectivity index (χ1) is 27.5. The van der Waals surface area contributed by atoms with Crippen LogP contribution in [0.25, 0.3) is 16.3 Å². The third-order valence-electron chi connectivity index (χ3n) is 9.32. The summed E-state index contributed by atoms with van der Waals surface area (Å²) in [6.07, 6.45) is -4.01. The molecule has 6 rings (SSSR count). The van der Waals surface area contributed by atoms with Gasteiger partial charge in [-0.05, 0) is 93.8 Å². The number of allylic oxidation sites excluding steroid dienone is 1. The lowest BCUT2D eigenvalue weighted by Gasteiger charge is -2.15. The van der Waals surface area contributed by atoms with Crippen LogP contribution in [0, 0.1) is 45.7 Å². The minimum absolute atomic E-state index is 0.0627. The summed E-state index contributed by atoms with van der Waals surface area (Å²) in [6.45, 7) is 5.49. The highest BCUT2D eigenvalue weighted by atomic mass is 79.9. The Morgan fingerprint density at radius 3 is 2.17 bits per heavy atom. The van der Waals surface area contributed by atoms with Gasteiger partial charge in [0.2, 0.25) is 6.10 Å². The zero-order chi connectivity index (χ0) is 42.4. The number of para-hydroxylation sites is 1. The first kappa shape index (κ1) is 44.3. The number of rotatable bonds is 11. The van der Waals surface area contributed by atoms with Crippen molar-refractivity contribution in [3.05, 3.63) is 146 Å². The monoisotopic (exact) mass is 915 g/mol. The molecule has 1 fully saturated rings. The average Bonchev–Trinajstić information content (AvgIpc) is 3.59. The van der Waals surface area contributed by atoms with Gasteiger partial charge in [-0.1, -0.05) is 103 Å². The summed E-state index contributed by atoms with van der Waals surface area (Å²) < 4.78 is 71.5. The molecule has 3 unspecified atom stereocenters. The summed E-state index contributed by atoms with van der Waals surface area (Å²) in [4.78, 5) is 13.0. The highest BCUT2D eigenvalue weighted by Gasteiger charge is 2.62. The van der Waals surface area contributed by atoms with Crippen molar-refractivity contribution in [1.82, 2.24) is 4.57 Å². The number of halogens is 8. The van der Waals surface area contributed by atoms with E-state index in [0.717, 1.165) is 10.1 Å². The van der Waals surface area contributed by atoms with Crippen LogP contribution in [0.4, 0.5) is 17.6 Å². The van der Waals surface area contributed by atoms with Gasteiger partial charge < -0.3 is 18.8 Å². The predicted molar refractivity (Wildman–Crippen MR) is 217 cm³/mol. The minimum atomic E-state index is -4.63. The lowest BCUT2D eigenvalue weighted by atomic mass is 10.1. The van der Waals surface area contributed by atoms with Crippen LogP contribution in [0.5, 0.6) is 11.5 Å². The summed E-state index contributed by atoms with van der Waals surface area (Å²) in [5.41, 5.74) is 0.245. The molecular weight excluding hydrogens is 885 g/mol. The van der Waals surface area contributed by atoms with E-state index in [1.54, 1.807) is 79.7 Å². The first-order valence-corrected chi connectivity index (χ1v) is 19.4. The van der Waals surface area contributed by atoms with Crippen LogP contribution < -0.4 is 4.74 Å². The van der Waals surface area contributed by atoms with Gasteiger partial charge in [0.15, 0.2) is 11.6 Å². The van der Waals surface area contributed by atoms with Crippen LogP contribution in [0.3, 0.4) is 0 Å². The summed E-state index contributed by atoms with van der Waals surface area (Å²) >= 11 is 21.1. The van der Waals surface area contributed by atoms with Crippen molar-refractivity contribution in [2.24, 2.45) is 17.3 Å². The number of hydrogen-bond acceptors (Lipinski definition) is 6. The Bertz CT molecular complexity index is 2370. The maximum absolute atomic E-state index is 14.3. The Balaban J connectivity index is 0.000000242. The van der Waals surface area contributed by atoms with Crippen molar-refractivity contribution in [3.8, 4) is 34.9 Å². The summed E-state index contributed by atoms with van der Waals surface area (Å²) in [7, 11) is 0. The molecule has 0 amide bonds. The quantitative estimate of drug-likeness (QED) is 0.0967. The molecule has 1 aliphatic carbocycles. The molecule has 3 atom stereocenters. The van der Waals surface area contributed by atoms with Crippen molar-refractivity contribution in [1.29, 1.82) is 10.5 Å². The second kappa shape index (κ2) is 18.8. The molecule has 1 saturated carbocycles. The highest BCUT2D eigenvalue weighted by molar-refractivity contribution is 9.10. The SMILES string of the molecule is CC1(C)C(/C=C(\Cl)c2ccc(Cl)cc2)C1C(=O)OC(C#N)c1ccc(F)c(Oc2ccccc2)c1.CCOCn1c(-c2ccc(Cl)cc2)c(C#N)c(Br)c1C(F)(F)F. The average molecular weight is 918 g/mol. The second-order valence-electron chi connectivity index (χ2n) is 13.4. The van der Waals surface area contributed by atoms with Gasteiger partial charge in [-0.25, -0.2) is 4.39 Å². The number of esters is 1. The second-order valence-corrected chi connectivity index (χ2v) is 15.5. The van der Waals surface area contributed by atoms with Crippen LogP contribution >= 0.6 is 50.7 Å². The Kier molecular flexibility index (Phi) is 14.4. The topological polar surface area (TPSA) is 97.3 Å². The minimum Gasteiger partial charge on any atom is -0.454 e. The molecule has 1 aliphatic rings. The van der Waals surface area contributed by atoms with Gasteiger partial charge in [0.05, 0.1) is 21.6 Å². The molecule has 0 spiro atoms. The number of aromatic nitrogens is 1. The zero-order valence-corrected chi connectivity index (χ0v) is 34.8. The van der Waals surface area contributed by atoms with Crippen LogP contribution in [0.2, 0.25) is 10.0 Å². The molecule has 0 N–H and O–H groups in total. The van der Waals surface area contributed by atoms with Crippen molar-refractivity contribution in [2.45, 2.75) is 39.8 Å². The van der Waals surface area contributed by atoms with E-state index in [2.05, 4.69) is 15.9 Å². The van der Waals surface area contributed by atoms with Gasteiger partial charge in [0, 0.05) is 27.2 Å². The van der Waals surface area contributed by atoms with Gasteiger partial charge in [-0.2, -0.15) is 23.7 Å². The number of benzene rings is 4. The Morgan fingerprint density at radius 1 is 0.983 bits per heavy atom. The number of carbonyl (C=O) groups is 1. The third-order valence-corrected chi connectivity index (χ3v) is 10.9. The van der Waals surface area contributed by atoms with E-state index in [1.807, 2.05) is 38.1 Å². The van der Waals surface area contributed by atoms with Crippen molar-refractivity contribution < 1.29 is 36.6 Å². The molecule has 7 nitrogen and oxygen atoms in total. The lowest BCUT2D eigenvalue weighted by molar-refractivity contribution is -0.149. The van der Waals surface area contributed by atoms with Gasteiger partial charge in [-0.3, -0.25) is 4.79 Å². The Morgan fingerprint density at radius 2 is 1.60 bits per heavy atom. The van der Waals surface area contributed by atoms with Crippen LogP contribution in [-0.4, -0.2) is 17.1 Å². The fraction of sp³-hybridized carbons (Fsp3) is 0.233. The first-order valence-electron chi connectivity index (χ1n) is 17.5. The molecule has 15 heteroatoms. The van der Waals surface area contributed by atoms with Crippen molar-refractivity contribution >= 4 is 61.7 Å². The van der Waals surface area contributed by atoms with E-state index >= 15 is 0 Å². The fourth-order valence-electron chi connectivity index (χ4n) is 6.22. The van der Waals surface area contributed by atoms with E-state index < -0.39 is 41.1 Å². The van der Waals surface area contributed by atoms with E-state index in [4.69, 9.17) is 49.0 Å². The molecule has 0 aliphatic heterocycles. The largest absolute Gasteiger partial charge is 0.454 e. The summed E-state index contributed by atoms with van der Waals surface area (Å²) in [6, 6.07) is 29.8. The Hall–Kier alpha value is -4.82. The molecular formula is C43H33BrCl3F4N3O4. The predicted octanol–water partition coefficient (Wildman–Crippen LogP) is 13.4.